The number of hydrogen-bond donors (Lipinski definition) is 1. The molecule has 1 aromatic carbocycles. The molecular formula is C26H34N4O3. The fourth-order valence-corrected chi connectivity index (χ4v) is 4.24. The number of likely N-dealkylation sites (tertiary alicyclic amines) is 1. The van der Waals surface area contributed by atoms with Gasteiger partial charge < -0.3 is 19.9 Å². The number of carbonyl (C=O) groups excluding carboxylic acids is 2. The minimum absolute atomic E-state index is 0.0189. The highest BCUT2D eigenvalue weighted by Crippen LogP contribution is 2.26. The molecule has 2 aliphatic heterocycles. The van der Waals surface area contributed by atoms with Gasteiger partial charge in [-0.2, -0.15) is 0 Å². The van der Waals surface area contributed by atoms with Crippen molar-refractivity contribution >= 4 is 23.2 Å². The van der Waals surface area contributed by atoms with Crippen molar-refractivity contribution in [3.05, 3.63) is 48.8 Å². The first-order valence-electron chi connectivity index (χ1n) is 12.0. The van der Waals surface area contributed by atoms with Crippen LogP contribution in [0.3, 0.4) is 0 Å². The number of benzene rings is 1. The summed E-state index contributed by atoms with van der Waals surface area (Å²) in [5, 5.41) is 3.00. The standard InChI is InChI=1S/C26H34N4O3/c1-19(2)5-10-25(31)29-14-11-24(12-15-29)33-23-8-6-21(7-9-23)28-26(32)20-17-30(18-20)22-4-3-13-27-16-22/h3-4,6-9,13,16,19-20,24H,5,10-12,14-15,17-18H2,1-2H3,(H,28,32). The van der Waals surface area contributed by atoms with E-state index in [1.54, 1.807) is 6.20 Å². The average molecular weight is 451 g/mol. The summed E-state index contributed by atoms with van der Waals surface area (Å²) in [5.41, 5.74) is 1.83. The summed E-state index contributed by atoms with van der Waals surface area (Å²) in [5.74, 6) is 1.63. The number of pyridine rings is 1. The second-order valence-electron chi connectivity index (χ2n) is 9.46. The van der Waals surface area contributed by atoms with Crippen molar-refractivity contribution < 1.29 is 14.3 Å². The zero-order valence-corrected chi connectivity index (χ0v) is 19.6. The van der Waals surface area contributed by atoms with E-state index < -0.39 is 0 Å². The first-order chi connectivity index (χ1) is 16.0. The number of nitrogens with one attached hydrogen (secondary N) is 1. The van der Waals surface area contributed by atoms with Gasteiger partial charge in [0.2, 0.25) is 11.8 Å². The van der Waals surface area contributed by atoms with Crippen LogP contribution in [0.4, 0.5) is 11.4 Å². The van der Waals surface area contributed by atoms with Crippen LogP contribution in [-0.4, -0.2) is 54.0 Å². The van der Waals surface area contributed by atoms with Gasteiger partial charge in [0, 0.05) is 57.3 Å². The van der Waals surface area contributed by atoms with E-state index >= 15 is 0 Å². The van der Waals surface area contributed by atoms with Gasteiger partial charge in [0.05, 0.1) is 17.8 Å². The van der Waals surface area contributed by atoms with Crippen molar-refractivity contribution in [3.63, 3.8) is 0 Å². The van der Waals surface area contributed by atoms with Crippen LogP contribution in [0.5, 0.6) is 5.75 Å². The molecule has 176 valence electrons. The highest BCUT2D eigenvalue weighted by atomic mass is 16.5. The van der Waals surface area contributed by atoms with Crippen LogP contribution in [-0.2, 0) is 9.59 Å². The van der Waals surface area contributed by atoms with Gasteiger partial charge in [-0.15, -0.1) is 0 Å². The summed E-state index contributed by atoms with van der Waals surface area (Å²) in [6, 6.07) is 11.5. The Bertz CT molecular complexity index is 918. The Labute approximate surface area is 196 Å². The van der Waals surface area contributed by atoms with Crippen molar-refractivity contribution in [2.45, 2.75) is 45.6 Å². The minimum atomic E-state index is -0.0189. The number of rotatable bonds is 8. The molecule has 33 heavy (non-hydrogen) atoms. The zero-order chi connectivity index (χ0) is 23.2. The van der Waals surface area contributed by atoms with Crippen molar-refractivity contribution in [2.24, 2.45) is 11.8 Å². The Morgan fingerprint density at radius 1 is 1.12 bits per heavy atom. The second-order valence-corrected chi connectivity index (χ2v) is 9.46. The molecule has 3 heterocycles. The SMILES string of the molecule is CC(C)CCC(=O)N1CCC(Oc2ccc(NC(=O)C3CN(c4cccnc4)C3)cc2)CC1. The van der Waals surface area contributed by atoms with E-state index in [0.29, 0.717) is 25.4 Å². The predicted octanol–water partition coefficient (Wildman–Crippen LogP) is 3.96. The molecule has 7 nitrogen and oxygen atoms in total. The molecular weight excluding hydrogens is 416 g/mol. The molecule has 0 saturated carbocycles. The Morgan fingerprint density at radius 3 is 2.48 bits per heavy atom. The first kappa shape index (κ1) is 23.1. The van der Waals surface area contributed by atoms with Gasteiger partial charge in [-0.1, -0.05) is 13.8 Å². The van der Waals surface area contributed by atoms with E-state index in [1.807, 2.05) is 47.5 Å². The summed E-state index contributed by atoms with van der Waals surface area (Å²) in [4.78, 5) is 33.1. The third-order valence-corrected chi connectivity index (χ3v) is 6.42. The van der Waals surface area contributed by atoms with Gasteiger partial charge in [0.1, 0.15) is 11.9 Å². The summed E-state index contributed by atoms with van der Waals surface area (Å²) in [6.45, 7) is 7.22. The number of amides is 2. The molecule has 0 unspecified atom stereocenters. The largest absolute Gasteiger partial charge is 0.490 e. The lowest BCUT2D eigenvalue weighted by Gasteiger charge is -2.39. The maximum atomic E-state index is 12.5. The molecule has 0 spiro atoms. The molecule has 0 atom stereocenters. The van der Waals surface area contributed by atoms with E-state index in [1.165, 1.54) is 0 Å². The number of anilines is 2. The molecule has 4 rings (SSSR count). The quantitative estimate of drug-likeness (QED) is 0.659. The van der Waals surface area contributed by atoms with E-state index in [4.69, 9.17) is 4.74 Å². The Kier molecular flexibility index (Phi) is 7.47. The topological polar surface area (TPSA) is 74.8 Å². The second kappa shape index (κ2) is 10.7. The third-order valence-electron chi connectivity index (χ3n) is 6.42. The van der Waals surface area contributed by atoms with Crippen molar-refractivity contribution in [2.75, 3.05) is 36.4 Å². The molecule has 0 aliphatic carbocycles. The lowest BCUT2D eigenvalue weighted by Crippen LogP contribution is -2.52. The predicted molar refractivity (Wildman–Crippen MR) is 129 cm³/mol. The molecule has 2 amide bonds. The van der Waals surface area contributed by atoms with E-state index in [2.05, 4.69) is 29.0 Å². The lowest BCUT2D eigenvalue weighted by molar-refractivity contribution is -0.133. The fraction of sp³-hybridized carbons (Fsp3) is 0.500. The van der Waals surface area contributed by atoms with Gasteiger partial charge in [-0.05, 0) is 48.7 Å². The number of ether oxygens (including phenoxy) is 1. The maximum absolute atomic E-state index is 12.5. The summed E-state index contributed by atoms with van der Waals surface area (Å²) >= 11 is 0. The summed E-state index contributed by atoms with van der Waals surface area (Å²) < 4.78 is 6.12. The summed E-state index contributed by atoms with van der Waals surface area (Å²) in [6.07, 6.45) is 6.97. The van der Waals surface area contributed by atoms with Crippen LogP contribution in [0.1, 0.15) is 39.5 Å². The van der Waals surface area contributed by atoms with Crippen LogP contribution in [0, 0.1) is 11.8 Å². The molecule has 2 saturated heterocycles. The Morgan fingerprint density at radius 2 is 1.85 bits per heavy atom. The fourth-order valence-electron chi connectivity index (χ4n) is 4.24. The number of piperidine rings is 1. The number of nitrogens with zero attached hydrogens (tertiary/aromatic N) is 3. The minimum Gasteiger partial charge on any atom is -0.490 e. The van der Waals surface area contributed by atoms with Crippen LogP contribution in [0.2, 0.25) is 0 Å². The molecule has 0 bridgehead atoms. The van der Waals surface area contributed by atoms with Gasteiger partial charge >= 0.3 is 0 Å². The van der Waals surface area contributed by atoms with Crippen molar-refractivity contribution in [1.82, 2.24) is 9.88 Å². The molecule has 1 aromatic heterocycles. The van der Waals surface area contributed by atoms with Gasteiger partial charge in [0.15, 0.2) is 0 Å². The van der Waals surface area contributed by atoms with Crippen LogP contribution in [0.15, 0.2) is 48.8 Å². The van der Waals surface area contributed by atoms with Crippen molar-refractivity contribution in [1.29, 1.82) is 0 Å². The summed E-state index contributed by atoms with van der Waals surface area (Å²) in [7, 11) is 0. The molecule has 0 radical (unpaired) electrons. The van der Waals surface area contributed by atoms with Gasteiger partial charge in [0.25, 0.3) is 0 Å². The highest BCUT2D eigenvalue weighted by Gasteiger charge is 2.33. The average Bonchev–Trinajstić information content (AvgIpc) is 2.79. The van der Waals surface area contributed by atoms with Crippen LogP contribution >= 0.6 is 0 Å². The van der Waals surface area contributed by atoms with E-state index in [-0.39, 0.29) is 23.8 Å². The van der Waals surface area contributed by atoms with Crippen LogP contribution in [0.25, 0.3) is 0 Å². The van der Waals surface area contributed by atoms with Crippen LogP contribution < -0.4 is 15.0 Å². The zero-order valence-electron chi connectivity index (χ0n) is 19.6. The molecule has 1 N–H and O–H groups in total. The molecule has 2 aliphatic rings. The Hall–Kier alpha value is -3.09. The third kappa shape index (κ3) is 6.24. The van der Waals surface area contributed by atoms with Crippen molar-refractivity contribution in [3.8, 4) is 5.75 Å². The first-order valence-corrected chi connectivity index (χ1v) is 12.0. The number of hydrogen-bond acceptors (Lipinski definition) is 5. The number of carbonyl (C=O) groups is 2. The van der Waals surface area contributed by atoms with Gasteiger partial charge in [-0.3, -0.25) is 14.6 Å². The number of aromatic nitrogens is 1. The monoisotopic (exact) mass is 450 g/mol. The molecule has 7 heteroatoms. The van der Waals surface area contributed by atoms with E-state index in [0.717, 1.165) is 49.5 Å². The lowest BCUT2D eigenvalue weighted by atomic mass is 9.98. The molecule has 2 aromatic rings. The van der Waals surface area contributed by atoms with E-state index in [9.17, 15) is 9.59 Å². The smallest absolute Gasteiger partial charge is 0.231 e. The Balaban J connectivity index is 1.18. The molecule has 2 fully saturated rings. The normalized spacial score (nSPS) is 17.1. The highest BCUT2D eigenvalue weighted by molar-refractivity contribution is 5.94. The van der Waals surface area contributed by atoms with Gasteiger partial charge in [-0.25, -0.2) is 0 Å². The maximum Gasteiger partial charge on any atom is 0.231 e.